The molecule has 1 atom stereocenters. The molecule has 0 aromatic carbocycles. The van der Waals surface area contributed by atoms with Gasteiger partial charge in [-0.25, -0.2) is 0 Å². The molecule has 84 valence electrons. The first kappa shape index (κ1) is 10.7. The van der Waals surface area contributed by atoms with Gasteiger partial charge < -0.3 is 15.7 Å². The topological polar surface area (TPSA) is 44.3 Å². The van der Waals surface area contributed by atoms with Crippen molar-refractivity contribution in [1.29, 1.82) is 0 Å². The second-order valence-corrected chi connectivity index (χ2v) is 4.23. The summed E-state index contributed by atoms with van der Waals surface area (Å²) in [6.45, 7) is 2.06. The van der Waals surface area contributed by atoms with Crippen molar-refractivity contribution in [3.8, 4) is 0 Å². The molecule has 3 nitrogen and oxygen atoms in total. The normalized spacial score (nSPS) is 27.4. The highest BCUT2D eigenvalue weighted by Gasteiger charge is 2.18. The van der Waals surface area contributed by atoms with Crippen LogP contribution in [-0.2, 0) is 0 Å². The van der Waals surface area contributed by atoms with Gasteiger partial charge in [-0.05, 0) is 25.0 Å². The average Bonchev–Trinajstić information content (AvgIpc) is 2.57. The van der Waals surface area contributed by atoms with E-state index in [4.69, 9.17) is 0 Å². The van der Waals surface area contributed by atoms with Gasteiger partial charge in [-0.3, -0.25) is 0 Å². The first-order valence-corrected chi connectivity index (χ1v) is 5.89. The van der Waals surface area contributed by atoms with Crippen molar-refractivity contribution < 1.29 is 5.11 Å². The minimum absolute atomic E-state index is 0.123. The molecule has 0 spiro atoms. The lowest BCUT2D eigenvalue weighted by atomic mass is 9.98. The van der Waals surface area contributed by atoms with Crippen LogP contribution in [0.25, 0.3) is 0 Å². The molecule has 1 fully saturated rings. The second-order valence-electron chi connectivity index (χ2n) is 4.23. The van der Waals surface area contributed by atoms with Gasteiger partial charge in [0.1, 0.15) is 0 Å². The maximum Gasteiger partial charge on any atom is 0.0831 e. The molecular weight excluding hydrogens is 188 g/mol. The Kier molecular flexibility index (Phi) is 3.80. The quantitative estimate of drug-likeness (QED) is 0.632. The molecule has 2 aliphatic heterocycles. The molecule has 2 rings (SSSR count). The molecule has 0 amide bonds. The Morgan fingerprint density at radius 2 is 2.27 bits per heavy atom. The Morgan fingerprint density at radius 1 is 1.33 bits per heavy atom. The van der Waals surface area contributed by atoms with Crippen LogP contribution in [0.3, 0.4) is 0 Å². The molecule has 3 N–H and O–H groups in total. The molecule has 1 saturated heterocycles. The van der Waals surface area contributed by atoms with Gasteiger partial charge in [-0.2, -0.15) is 0 Å². The van der Waals surface area contributed by atoms with E-state index in [9.17, 15) is 5.11 Å². The summed E-state index contributed by atoms with van der Waals surface area (Å²) in [7, 11) is 0. The Morgan fingerprint density at radius 3 is 3.13 bits per heavy atom. The summed E-state index contributed by atoms with van der Waals surface area (Å²) >= 11 is 0. The van der Waals surface area contributed by atoms with Gasteiger partial charge in [-0.1, -0.05) is 25.0 Å². The van der Waals surface area contributed by atoms with Crippen molar-refractivity contribution in [3.63, 3.8) is 0 Å². The van der Waals surface area contributed by atoms with Gasteiger partial charge in [0, 0.05) is 18.3 Å². The molecule has 0 aliphatic carbocycles. The molecule has 2 heterocycles. The van der Waals surface area contributed by atoms with Crippen LogP contribution in [0.15, 0.2) is 23.4 Å². The molecule has 0 saturated carbocycles. The summed E-state index contributed by atoms with van der Waals surface area (Å²) in [5, 5.41) is 16.1. The number of hydrogen-bond acceptors (Lipinski definition) is 3. The Bertz CT molecular complexity index is 263. The van der Waals surface area contributed by atoms with Crippen LogP contribution < -0.4 is 10.6 Å². The zero-order valence-electron chi connectivity index (χ0n) is 9.13. The summed E-state index contributed by atoms with van der Waals surface area (Å²) < 4.78 is 0. The van der Waals surface area contributed by atoms with Gasteiger partial charge in [0.15, 0.2) is 0 Å². The van der Waals surface area contributed by atoms with Crippen LogP contribution in [0.1, 0.15) is 25.7 Å². The minimum atomic E-state index is 0.123. The number of aliphatic hydroxyl groups is 1. The summed E-state index contributed by atoms with van der Waals surface area (Å²) in [6, 6.07) is 0.429. The predicted octanol–water partition coefficient (Wildman–Crippen LogP) is 0.924. The maximum atomic E-state index is 9.28. The monoisotopic (exact) mass is 208 g/mol. The fourth-order valence-corrected chi connectivity index (χ4v) is 2.34. The number of rotatable bonds is 2. The maximum absolute atomic E-state index is 9.28. The van der Waals surface area contributed by atoms with E-state index in [1.165, 1.54) is 31.3 Å². The third-order valence-electron chi connectivity index (χ3n) is 3.17. The summed E-state index contributed by atoms with van der Waals surface area (Å²) in [5.74, 6) is 0. The van der Waals surface area contributed by atoms with E-state index in [2.05, 4.69) is 22.8 Å². The first-order valence-electron chi connectivity index (χ1n) is 5.89. The van der Waals surface area contributed by atoms with Crippen LogP contribution in [-0.4, -0.2) is 30.8 Å². The Balaban J connectivity index is 2.11. The van der Waals surface area contributed by atoms with Crippen molar-refractivity contribution >= 4 is 0 Å². The van der Waals surface area contributed by atoms with Gasteiger partial charge in [0.2, 0.25) is 0 Å². The van der Waals surface area contributed by atoms with E-state index in [0.717, 1.165) is 18.8 Å². The molecular formula is C12H20N2O. The number of aliphatic hydroxyl groups excluding tert-OH is 1. The zero-order chi connectivity index (χ0) is 10.5. The minimum Gasteiger partial charge on any atom is -0.390 e. The highest BCUT2D eigenvalue weighted by molar-refractivity contribution is 5.33. The average molecular weight is 208 g/mol. The van der Waals surface area contributed by atoms with Gasteiger partial charge in [0.25, 0.3) is 0 Å². The molecule has 0 aromatic heterocycles. The van der Waals surface area contributed by atoms with Gasteiger partial charge >= 0.3 is 0 Å². The van der Waals surface area contributed by atoms with E-state index in [1.54, 1.807) is 0 Å². The smallest absolute Gasteiger partial charge is 0.0831 e. The predicted molar refractivity (Wildman–Crippen MR) is 61.5 cm³/mol. The lowest BCUT2D eigenvalue weighted by Gasteiger charge is -2.24. The van der Waals surface area contributed by atoms with Crippen LogP contribution >= 0.6 is 0 Å². The van der Waals surface area contributed by atoms with Crippen molar-refractivity contribution in [2.45, 2.75) is 31.7 Å². The van der Waals surface area contributed by atoms with Crippen molar-refractivity contribution in [2.24, 2.45) is 0 Å². The highest BCUT2D eigenvalue weighted by atomic mass is 16.3. The molecule has 15 heavy (non-hydrogen) atoms. The van der Waals surface area contributed by atoms with Crippen molar-refractivity contribution in [2.75, 3.05) is 19.7 Å². The lowest BCUT2D eigenvalue weighted by molar-refractivity contribution is 0.319. The van der Waals surface area contributed by atoms with Crippen LogP contribution in [0.5, 0.6) is 0 Å². The molecule has 1 unspecified atom stereocenters. The Hall–Kier alpha value is -0.800. The van der Waals surface area contributed by atoms with E-state index >= 15 is 0 Å². The number of hydrogen-bond donors (Lipinski definition) is 3. The standard InChI is InChI=1S/C12H20N2O/c15-9-12-10(5-4-8-14-12)11-6-2-1-3-7-13-11/h4-5,11,13-15H,1-3,6-9H2. The van der Waals surface area contributed by atoms with Crippen LogP contribution in [0.4, 0.5) is 0 Å². The van der Waals surface area contributed by atoms with E-state index < -0.39 is 0 Å². The number of nitrogens with one attached hydrogen (secondary N) is 2. The summed E-state index contributed by atoms with van der Waals surface area (Å²) in [5.41, 5.74) is 2.25. The zero-order valence-corrected chi connectivity index (χ0v) is 9.13. The largest absolute Gasteiger partial charge is 0.390 e. The molecule has 2 aliphatic rings. The fourth-order valence-electron chi connectivity index (χ4n) is 2.34. The molecule has 0 radical (unpaired) electrons. The summed E-state index contributed by atoms with van der Waals surface area (Å²) in [4.78, 5) is 0. The highest BCUT2D eigenvalue weighted by Crippen LogP contribution is 2.19. The number of dihydropyridines is 1. The lowest BCUT2D eigenvalue weighted by Crippen LogP contribution is -2.34. The van der Waals surface area contributed by atoms with Crippen molar-refractivity contribution in [1.82, 2.24) is 10.6 Å². The van der Waals surface area contributed by atoms with E-state index in [0.29, 0.717) is 6.04 Å². The van der Waals surface area contributed by atoms with Crippen LogP contribution in [0, 0.1) is 0 Å². The van der Waals surface area contributed by atoms with E-state index in [1.807, 2.05) is 0 Å². The van der Waals surface area contributed by atoms with Crippen LogP contribution in [0.2, 0.25) is 0 Å². The van der Waals surface area contributed by atoms with E-state index in [-0.39, 0.29) is 6.61 Å². The van der Waals surface area contributed by atoms with Gasteiger partial charge in [0.05, 0.1) is 6.61 Å². The Labute approximate surface area is 91.3 Å². The van der Waals surface area contributed by atoms with Gasteiger partial charge in [-0.15, -0.1) is 0 Å². The molecule has 0 aromatic rings. The first-order chi connectivity index (χ1) is 7.42. The second kappa shape index (κ2) is 5.33. The molecule has 0 bridgehead atoms. The SMILES string of the molecule is OCC1=C(C2CCCCCN2)C=CCN1. The van der Waals surface area contributed by atoms with Crippen molar-refractivity contribution in [3.05, 3.63) is 23.4 Å². The fraction of sp³-hybridized carbons (Fsp3) is 0.667. The third-order valence-corrected chi connectivity index (χ3v) is 3.17. The molecule has 3 heteroatoms. The third kappa shape index (κ3) is 2.61. The summed E-state index contributed by atoms with van der Waals surface area (Å²) in [6.07, 6.45) is 9.35.